The molecule has 1 aromatic heterocycles. The molecule has 0 fully saturated rings. The lowest BCUT2D eigenvalue weighted by molar-refractivity contribution is -0.143. The molecule has 4 unspecified atom stereocenters. The molecule has 0 radical (unpaired) electrons. The third kappa shape index (κ3) is 9.91. The number of amides is 3. The summed E-state index contributed by atoms with van der Waals surface area (Å²) in [5, 5.41) is 27.2. The lowest BCUT2D eigenvalue weighted by atomic mass is 10.0. The van der Waals surface area contributed by atoms with Gasteiger partial charge in [-0.3, -0.25) is 19.2 Å². The van der Waals surface area contributed by atoms with Gasteiger partial charge in [0.25, 0.3) is 0 Å². The maximum atomic E-state index is 13.1. The van der Waals surface area contributed by atoms with E-state index in [1.165, 1.54) is 11.8 Å². The van der Waals surface area contributed by atoms with E-state index in [1.54, 1.807) is 12.3 Å². The number of carbonyl (C=O) groups excluding carboxylic acids is 3. The number of nitrogens with one attached hydrogen (secondary N) is 4. The quantitative estimate of drug-likeness (QED) is 0.154. The Kier molecular flexibility index (Phi) is 12.3. The lowest BCUT2D eigenvalue weighted by Gasteiger charge is -2.25. The molecule has 12 nitrogen and oxygen atoms in total. The van der Waals surface area contributed by atoms with Gasteiger partial charge in [0.2, 0.25) is 17.7 Å². The topological polar surface area (TPSA) is 204 Å². The molecule has 0 bridgehead atoms. The third-order valence-corrected chi connectivity index (χ3v) is 6.67. The van der Waals surface area contributed by atoms with Crippen molar-refractivity contribution >= 4 is 52.3 Å². The Morgan fingerprint density at radius 1 is 0.949 bits per heavy atom. The van der Waals surface area contributed by atoms with E-state index in [2.05, 4.69) is 20.9 Å². The second kappa shape index (κ2) is 15.1. The van der Waals surface area contributed by atoms with Gasteiger partial charge in [0.1, 0.15) is 18.1 Å². The number of aromatic nitrogens is 1. The number of H-pyrrole nitrogens is 1. The maximum Gasteiger partial charge on any atom is 0.326 e. The molecule has 2 aromatic rings. The number of carboxylic acid groups (broad SMARTS) is 2. The minimum Gasteiger partial charge on any atom is -0.481 e. The molecule has 1 aromatic carbocycles. The standard InChI is InChI=1S/C26H37N5O7S/c1-14(2)10-17(27)23(34)29-19(8-9-39-3)24(35)30-20(12-22(32)33)25(36)31-21(26(37)38)11-15-13-28-18-7-5-4-6-16(15)18/h4-7,13-14,17,19-21,28H,8-12,27H2,1-3H3,(H,29,34)(H,30,35)(H,31,36)(H,32,33)(H,37,38). The van der Waals surface area contributed by atoms with Crippen LogP contribution in [0.1, 0.15) is 38.7 Å². The molecular formula is C26H37N5O7S. The second-order valence-corrected chi connectivity index (χ2v) is 10.7. The van der Waals surface area contributed by atoms with Gasteiger partial charge in [0.05, 0.1) is 12.5 Å². The van der Waals surface area contributed by atoms with Crippen LogP contribution in [0.5, 0.6) is 0 Å². The number of carboxylic acids is 2. The molecule has 0 aliphatic heterocycles. The van der Waals surface area contributed by atoms with Crippen LogP contribution in [0.15, 0.2) is 30.5 Å². The summed E-state index contributed by atoms with van der Waals surface area (Å²) in [4.78, 5) is 65.2. The van der Waals surface area contributed by atoms with Gasteiger partial charge in [-0.25, -0.2) is 4.79 Å². The largest absolute Gasteiger partial charge is 0.481 e. The van der Waals surface area contributed by atoms with Gasteiger partial charge in [-0.2, -0.15) is 11.8 Å². The predicted octanol–water partition coefficient (Wildman–Crippen LogP) is 0.851. The summed E-state index contributed by atoms with van der Waals surface area (Å²) >= 11 is 1.44. The highest BCUT2D eigenvalue weighted by Gasteiger charge is 2.32. The van der Waals surface area contributed by atoms with Crippen LogP contribution in [0.3, 0.4) is 0 Å². The Balaban J connectivity index is 2.17. The van der Waals surface area contributed by atoms with Crippen molar-refractivity contribution in [3.05, 3.63) is 36.0 Å². The van der Waals surface area contributed by atoms with E-state index in [9.17, 15) is 34.2 Å². The van der Waals surface area contributed by atoms with E-state index in [1.807, 2.05) is 38.3 Å². The van der Waals surface area contributed by atoms with Crippen LogP contribution in [0.25, 0.3) is 10.9 Å². The summed E-state index contributed by atoms with van der Waals surface area (Å²) in [7, 11) is 0. The predicted molar refractivity (Wildman–Crippen MR) is 148 cm³/mol. The van der Waals surface area contributed by atoms with Gasteiger partial charge in [-0.1, -0.05) is 32.0 Å². The fourth-order valence-corrected chi connectivity index (χ4v) is 4.52. The minimum atomic E-state index is -1.57. The highest BCUT2D eigenvalue weighted by atomic mass is 32.2. The molecule has 2 rings (SSSR count). The molecule has 0 saturated carbocycles. The molecule has 1 heterocycles. The Morgan fingerprint density at radius 2 is 1.56 bits per heavy atom. The summed E-state index contributed by atoms with van der Waals surface area (Å²) < 4.78 is 0. The molecule has 0 aliphatic rings. The van der Waals surface area contributed by atoms with Crippen molar-refractivity contribution in [1.82, 2.24) is 20.9 Å². The van der Waals surface area contributed by atoms with E-state index in [0.29, 0.717) is 17.7 Å². The zero-order chi connectivity index (χ0) is 29.1. The van der Waals surface area contributed by atoms with Crippen LogP contribution in [0.2, 0.25) is 0 Å². The first kappa shape index (κ1) is 31.6. The second-order valence-electron chi connectivity index (χ2n) is 9.70. The SMILES string of the molecule is CSCCC(NC(=O)C(N)CC(C)C)C(=O)NC(CC(=O)O)C(=O)NC(Cc1c[nH]c2ccccc12)C(=O)O. The normalized spacial score (nSPS) is 14.3. The summed E-state index contributed by atoms with van der Waals surface area (Å²) in [6, 6.07) is 2.41. The number of hydrogen-bond acceptors (Lipinski definition) is 7. The van der Waals surface area contributed by atoms with Gasteiger partial charge < -0.3 is 36.9 Å². The smallest absolute Gasteiger partial charge is 0.326 e. The average molecular weight is 564 g/mol. The number of para-hydroxylation sites is 1. The summed E-state index contributed by atoms with van der Waals surface area (Å²) in [6.07, 6.45) is 3.23. The third-order valence-electron chi connectivity index (χ3n) is 6.03. The van der Waals surface area contributed by atoms with Gasteiger partial charge in [0.15, 0.2) is 0 Å². The minimum absolute atomic E-state index is 0.0705. The fourth-order valence-electron chi connectivity index (χ4n) is 4.05. The zero-order valence-corrected chi connectivity index (χ0v) is 23.0. The molecule has 13 heteroatoms. The van der Waals surface area contributed by atoms with Crippen LogP contribution in [0.4, 0.5) is 0 Å². The highest BCUT2D eigenvalue weighted by molar-refractivity contribution is 7.98. The monoisotopic (exact) mass is 563 g/mol. The Labute approximate surface area is 230 Å². The van der Waals surface area contributed by atoms with Crippen LogP contribution in [-0.2, 0) is 30.4 Å². The molecule has 0 spiro atoms. The average Bonchev–Trinajstić information content (AvgIpc) is 3.27. The van der Waals surface area contributed by atoms with Gasteiger partial charge >= 0.3 is 11.9 Å². The molecule has 4 atom stereocenters. The van der Waals surface area contributed by atoms with Crippen LogP contribution in [-0.4, -0.2) is 81.0 Å². The van der Waals surface area contributed by atoms with Crippen molar-refractivity contribution in [3.8, 4) is 0 Å². The number of hydrogen-bond donors (Lipinski definition) is 7. The van der Waals surface area contributed by atoms with Crippen molar-refractivity contribution in [1.29, 1.82) is 0 Å². The molecule has 0 saturated heterocycles. The van der Waals surface area contributed by atoms with Gasteiger partial charge in [-0.15, -0.1) is 0 Å². The zero-order valence-electron chi connectivity index (χ0n) is 22.2. The van der Waals surface area contributed by atoms with Crippen molar-refractivity contribution in [2.75, 3.05) is 12.0 Å². The summed E-state index contributed by atoms with van der Waals surface area (Å²) in [5.74, 6) is -4.31. The first-order valence-corrected chi connectivity index (χ1v) is 14.0. The van der Waals surface area contributed by atoms with Crippen LogP contribution >= 0.6 is 11.8 Å². The molecule has 0 aliphatic carbocycles. The van der Waals surface area contributed by atoms with Crippen molar-refractivity contribution < 1.29 is 34.2 Å². The summed E-state index contributed by atoms with van der Waals surface area (Å²) in [5.41, 5.74) is 7.38. The summed E-state index contributed by atoms with van der Waals surface area (Å²) in [6.45, 7) is 3.81. The Bertz CT molecular complexity index is 1170. The number of nitrogens with two attached hydrogens (primary N) is 1. The van der Waals surface area contributed by atoms with Crippen LogP contribution in [0, 0.1) is 5.92 Å². The number of aromatic amines is 1. The molecule has 214 valence electrons. The number of carbonyl (C=O) groups is 5. The van der Waals surface area contributed by atoms with Crippen molar-refractivity contribution in [2.45, 2.75) is 63.7 Å². The van der Waals surface area contributed by atoms with Crippen LogP contribution < -0.4 is 21.7 Å². The van der Waals surface area contributed by atoms with Gasteiger partial charge in [0, 0.05) is 23.5 Å². The molecule has 3 amide bonds. The van der Waals surface area contributed by atoms with Gasteiger partial charge in [-0.05, 0) is 42.4 Å². The van der Waals surface area contributed by atoms with E-state index in [-0.39, 0.29) is 18.8 Å². The van der Waals surface area contributed by atoms with E-state index in [4.69, 9.17) is 5.73 Å². The van der Waals surface area contributed by atoms with E-state index < -0.39 is 60.2 Å². The van der Waals surface area contributed by atoms with Crippen molar-refractivity contribution in [3.63, 3.8) is 0 Å². The first-order valence-electron chi connectivity index (χ1n) is 12.6. The Hall–Kier alpha value is -3.58. The maximum absolute atomic E-state index is 13.1. The number of thioether (sulfide) groups is 1. The number of fused-ring (bicyclic) bond motifs is 1. The molecule has 39 heavy (non-hydrogen) atoms. The number of rotatable bonds is 16. The number of aliphatic carboxylic acids is 2. The van der Waals surface area contributed by atoms with E-state index in [0.717, 1.165) is 10.9 Å². The molecule has 8 N–H and O–H groups in total. The lowest BCUT2D eigenvalue weighted by Crippen LogP contribution is -2.57. The van der Waals surface area contributed by atoms with E-state index >= 15 is 0 Å². The Morgan fingerprint density at radius 3 is 2.18 bits per heavy atom. The number of benzene rings is 1. The van der Waals surface area contributed by atoms with Crippen molar-refractivity contribution in [2.24, 2.45) is 11.7 Å². The first-order chi connectivity index (χ1) is 18.4. The fraction of sp³-hybridized carbons (Fsp3) is 0.500. The highest BCUT2D eigenvalue weighted by Crippen LogP contribution is 2.19. The molecular weight excluding hydrogens is 526 g/mol.